The van der Waals surface area contributed by atoms with Crippen LogP contribution in [-0.4, -0.2) is 57.2 Å². The van der Waals surface area contributed by atoms with Crippen molar-refractivity contribution in [2.75, 3.05) is 18.4 Å². The Balaban J connectivity index is 1.40. The minimum atomic E-state index is -3.49. The molecule has 1 saturated heterocycles. The highest BCUT2D eigenvalue weighted by atomic mass is 35.5. The van der Waals surface area contributed by atoms with Gasteiger partial charge in [0.1, 0.15) is 0 Å². The van der Waals surface area contributed by atoms with Gasteiger partial charge >= 0.3 is 0 Å². The molecule has 1 fully saturated rings. The molecule has 2 aromatic carbocycles. The molecule has 4 rings (SSSR count). The number of anilines is 1. The number of hydrogen-bond donors (Lipinski definition) is 1. The summed E-state index contributed by atoms with van der Waals surface area (Å²) in [5.74, 6) is -0.254. The molecule has 0 aliphatic carbocycles. The number of thioether (sulfide) groups is 1. The van der Waals surface area contributed by atoms with Crippen LogP contribution in [0.1, 0.15) is 19.8 Å². The number of nitrogens with one attached hydrogen (secondary N) is 1. The summed E-state index contributed by atoms with van der Waals surface area (Å²) in [4.78, 5) is 12.9. The average Bonchev–Trinajstić information content (AvgIpc) is 3.47. The summed E-state index contributed by atoms with van der Waals surface area (Å²) in [7, 11) is -3.49. The third-order valence-corrected chi connectivity index (χ3v) is 8.19. The highest BCUT2D eigenvalue weighted by Gasteiger charge is 2.27. The number of aromatic nitrogens is 4. The minimum absolute atomic E-state index is 0.224. The molecule has 12 heteroatoms. The minimum Gasteiger partial charge on any atom is -0.325 e. The van der Waals surface area contributed by atoms with Crippen LogP contribution in [0.2, 0.25) is 5.02 Å². The lowest BCUT2D eigenvalue weighted by molar-refractivity contribution is -0.115. The summed E-state index contributed by atoms with van der Waals surface area (Å²) < 4.78 is 28.3. The predicted molar refractivity (Wildman–Crippen MR) is 123 cm³/mol. The molecule has 0 radical (unpaired) electrons. The van der Waals surface area contributed by atoms with Gasteiger partial charge < -0.3 is 5.32 Å². The SMILES string of the molecule is CC(Sc1nnnn1-c1ccc(Cl)cc1)C(=O)Nc1ccc(S(=O)(=O)N2CCCC2)cc1. The second-order valence-electron chi connectivity index (χ2n) is 7.23. The largest absolute Gasteiger partial charge is 0.325 e. The van der Waals surface area contributed by atoms with E-state index in [4.69, 9.17) is 11.6 Å². The van der Waals surface area contributed by atoms with E-state index in [9.17, 15) is 13.2 Å². The first-order chi connectivity index (χ1) is 15.3. The van der Waals surface area contributed by atoms with Gasteiger partial charge in [-0.25, -0.2) is 8.42 Å². The van der Waals surface area contributed by atoms with E-state index in [0.29, 0.717) is 29.0 Å². The molecule has 1 atom stereocenters. The molecule has 9 nitrogen and oxygen atoms in total. The van der Waals surface area contributed by atoms with Crippen LogP contribution in [0.5, 0.6) is 0 Å². The standard InChI is InChI=1S/C20H21ClN6O3S2/c1-14(31-20-23-24-25-27(20)17-8-4-15(21)5-9-17)19(28)22-16-6-10-18(11-7-16)32(29,30)26-12-2-3-13-26/h4-11,14H,2-3,12-13H2,1H3,(H,22,28). The van der Waals surface area contributed by atoms with Crippen LogP contribution in [0.3, 0.4) is 0 Å². The summed E-state index contributed by atoms with van der Waals surface area (Å²) in [6.45, 7) is 2.84. The molecule has 3 aromatic rings. The van der Waals surface area contributed by atoms with Gasteiger partial charge in [-0.15, -0.1) is 5.10 Å². The molecule has 1 amide bonds. The van der Waals surface area contributed by atoms with Crippen molar-refractivity contribution in [2.45, 2.75) is 35.1 Å². The Labute approximate surface area is 195 Å². The first kappa shape index (κ1) is 22.7. The molecule has 1 unspecified atom stereocenters. The Hall–Kier alpha value is -2.47. The number of nitrogens with zero attached hydrogens (tertiary/aromatic N) is 5. The molecule has 168 valence electrons. The number of hydrogen-bond acceptors (Lipinski definition) is 7. The van der Waals surface area contributed by atoms with E-state index < -0.39 is 15.3 Å². The van der Waals surface area contributed by atoms with Crippen LogP contribution >= 0.6 is 23.4 Å². The average molecular weight is 493 g/mol. The molecule has 0 bridgehead atoms. The quantitative estimate of drug-likeness (QED) is 0.504. The molecular weight excluding hydrogens is 472 g/mol. The number of amides is 1. The van der Waals surface area contributed by atoms with Crippen LogP contribution in [0, 0.1) is 0 Å². The molecule has 2 heterocycles. The Morgan fingerprint density at radius 3 is 2.41 bits per heavy atom. The lowest BCUT2D eigenvalue weighted by Crippen LogP contribution is -2.27. The third-order valence-electron chi connectivity index (χ3n) is 4.99. The Morgan fingerprint density at radius 2 is 1.75 bits per heavy atom. The first-order valence-corrected chi connectivity index (χ1v) is 12.7. The Bertz CT molecular complexity index is 1190. The van der Waals surface area contributed by atoms with E-state index in [1.54, 1.807) is 43.3 Å². The predicted octanol–water partition coefficient (Wildman–Crippen LogP) is 3.22. The maximum atomic E-state index is 12.7. The van der Waals surface area contributed by atoms with Crippen molar-refractivity contribution in [3.63, 3.8) is 0 Å². The van der Waals surface area contributed by atoms with Gasteiger partial charge in [0.05, 0.1) is 15.8 Å². The van der Waals surface area contributed by atoms with Crippen LogP contribution in [0.15, 0.2) is 58.6 Å². The monoisotopic (exact) mass is 492 g/mol. The number of benzene rings is 2. The van der Waals surface area contributed by atoms with E-state index in [1.807, 2.05) is 0 Å². The fraction of sp³-hybridized carbons (Fsp3) is 0.300. The third kappa shape index (κ3) is 4.96. The van der Waals surface area contributed by atoms with Crippen molar-refractivity contribution in [3.05, 3.63) is 53.6 Å². The molecule has 0 spiro atoms. The zero-order valence-electron chi connectivity index (χ0n) is 17.2. The highest BCUT2D eigenvalue weighted by Crippen LogP contribution is 2.26. The number of sulfonamides is 1. The topological polar surface area (TPSA) is 110 Å². The second kappa shape index (κ2) is 9.57. The number of carbonyl (C=O) groups is 1. The van der Waals surface area contributed by atoms with Gasteiger partial charge in [-0.1, -0.05) is 23.4 Å². The van der Waals surface area contributed by atoms with E-state index in [1.165, 1.54) is 32.9 Å². The second-order valence-corrected chi connectivity index (χ2v) is 10.9. The van der Waals surface area contributed by atoms with Crippen LogP contribution in [0.25, 0.3) is 5.69 Å². The van der Waals surface area contributed by atoms with Crippen molar-refractivity contribution in [3.8, 4) is 5.69 Å². The van der Waals surface area contributed by atoms with Gasteiger partial charge in [-0.2, -0.15) is 8.99 Å². The van der Waals surface area contributed by atoms with Gasteiger partial charge in [0.15, 0.2) is 0 Å². The lowest BCUT2D eigenvalue weighted by Gasteiger charge is -2.16. The maximum absolute atomic E-state index is 12.7. The summed E-state index contributed by atoms with van der Waals surface area (Å²) in [5.41, 5.74) is 1.24. The van der Waals surface area contributed by atoms with Crippen molar-refractivity contribution in [1.82, 2.24) is 24.5 Å². The fourth-order valence-electron chi connectivity index (χ4n) is 3.24. The van der Waals surface area contributed by atoms with E-state index >= 15 is 0 Å². The van der Waals surface area contributed by atoms with Crippen molar-refractivity contribution in [2.24, 2.45) is 0 Å². The maximum Gasteiger partial charge on any atom is 0.243 e. The zero-order chi connectivity index (χ0) is 22.7. The van der Waals surface area contributed by atoms with Gasteiger partial charge in [-0.3, -0.25) is 4.79 Å². The Kier molecular flexibility index (Phi) is 6.79. The smallest absolute Gasteiger partial charge is 0.243 e. The van der Waals surface area contributed by atoms with Gasteiger partial charge in [-0.05, 0) is 78.7 Å². The normalized spacial score (nSPS) is 15.6. The number of tetrazole rings is 1. The molecule has 1 aliphatic rings. The summed E-state index contributed by atoms with van der Waals surface area (Å²) in [6, 6.07) is 13.3. The van der Waals surface area contributed by atoms with Crippen molar-refractivity contribution in [1.29, 1.82) is 0 Å². The lowest BCUT2D eigenvalue weighted by atomic mass is 10.3. The van der Waals surface area contributed by atoms with Crippen LogP contribution in [-0.2, 0) is 14.8 Å². The number of carbonyl (C=O) groups excluding carboxylic acids is 1. The molecule has 1 N–H and O–H groups in total. The van der Waals surface area contributed by atoms with Gasteiger partial charge in [0.2, 0.25) is 21.1 Å². The molecule has 1 aliphatic heterocycles. The summed E-state index contributed by atoms with van der Waals surface area (Å²) in [6.07, 6.45) is 1.76. The number of rotatable bonds is 7. The molecule has 0 saturated carbocycles. The molecule has 1 aromatic heterocycles. The van der Waals surface area contributed by atoms with Gasteiger partial charge in [0.25, 0.3) is 0 Å². The summed E-state index contributed by atoms with van der Waals surface area (Å²) in [5, 5.41) is 15.0. The van der Waals surface area contributed by atoms with Crippen LogP contribution in [0.4, 0.5) is 5.69 Å². The first-order valence-electron chi connectivity index (χ1n) is 9.97. The highest BCUT2D eigenvalue weighted by molar-refractivity contribution is 8.00. The Morgan fingerprint density at radius 1 is 1.09 bits per heavy atom. The van der Waals surface area contributed by atoms with E-state index in [2.05, 4.69) is 20.8 Å². The van der Waals surface area contributed by atoms with E-state index in [-0.39, 0.29) is 10.8 Å². The zero-order valence-corrected chi connectivity index (χ0v) is 19.6. The van der Waals surface area contributed by atoms with Crippen molar-refractivity contribution >= 4 is 45.0 Å². The fourth-order valence-corrected chi connectivity index (χ4v) is 5.69. The van der Waals surface area contributed by atoms with Crippen LogP contribution < -0.4 is 5.32 Å². The molecular formula is C20H21ClN6O3S2. The molecule has 32 heavy (non-hydrogen) atoms. The van der Waals surface area contributed by atoms with Crippen molar-refractivity contribution < 1.29 is 13.2 Å². The number of halogens is 1. The summed E-state index contributed by atoms with van der Waals surface area (Å²) >= 11 is 7.14. The van der Waals surface area contributed by atoms with E-state index in [0.717, 1.165) is 18.5 Å². The van der Waals surface area contributed by atoms with Gasteiger partial charge in [0, 0.05) is 23.8 Å².